The molecule has 0 atom stereocenters. The molecule has 0 fully saturated rings. The highest BCUT2D eigenvalue weighted by molar-refractivity contribution is 6.07. The molecule has 0 bridgehead atoms. The second-order valence-corrected chi connectivity index (χ2v) is 4.88. The zero-order valence-electron chi connectivity index (χ0n) is 12.3. The number of carboxylic acids is 1. The minimum Gasteiger partial charge on any atom is -0.502 e. The number of aromatic nitrogens is 2. The molecular formula is C16H14N2O5. The van der Waals surface area contributed by atoms with Crippen LogP contribution >= 0.6 is 0 Å². The van der Waals surface area contributed by atoms with E-state index in [1.807, 2.05) is 0 Å². The van der Waals surface area contributed by atoms with Gasteiger partial charge in [-0.15, -0.1) is 0 Å². The van der Waals surface area contributed by atoms with Crippen molar-refractivity contribution in [1.82, 2.24) is 9.78 Å². The molecule has 7 nitrogen and oxygen atoms in total. The average Bonchev–Trinajstić information content (AvgIpc) is 2.96. The van der Waals surface area contributed by atoms with Gasteiger partial charge in [0.2, 0.25) is 5.76 Å². The Labute approximate surface area is 131 Å². The van der Waals surface area contributed by atoms with Gasteiger partial charge < -0.3 is 10.2 Å². The first kappa shape index (κ1) is 16.2. The van der Waals surface area contributed by atoms with E-state index in [1.165, 1.54) is 24.0 Å². The Bertz CT molecular complexity index is 787. The fourth-order valence-corrected chi connectivity index (χ4v) is 1.88. The zero-order valence-corrected chi connectivity index (χ0v) is 12.3. The molecule has 118 valence electrons. The van der Waals surface area contributed by atoms with E-state index in [-0.39, 0.29) is 11.3 Å². The molecule has 23 heavy (non-hydrogen) atoms. The van der Waals surface area contributed by atoms with E-state index in [9.17, 15) is 14.4 Å². The molecule has 2 rings (SSSR count). The van der Waals surface area contributed by atoms with Gasteiger partial charge in [0.25, 0.3) is 0 Å². The second-order valence-electron chi connectivity index (χ2n) is 4.88. The maximum Gasteiger partial charge on any atom is 0.371 e. The Balaban J connectivity index is 2.10. The zero-order chi connectivity index (χ0) is 17.0. The minimum atomic E-state index is -1.57. The number of aliphatic hydroxyl groups excluding tert-OH is 1. The lowest BCUT2D eigenvalue weighted by Crippen LogP contribution is -2.04. The fourth-order valence-electron chi connectivity index (χ4n) is 1.88. The van der Waals surface area contributed by atoms with Crippen LogP contribution in [0.3, 0.4) is 0 Å². The Kier molecular flexibility index (Phi) is 4.70. The molecule has 1 aromatic heterocycles. The van der Waals surface area contributed by atoms with Crippen LogP contribution in [0.2, 0.25) is 0 Å². The van der Waals surface area contributed by atoms with Crippen LogP contribution in [0, 0.1) is 0 Å². The normalized spacial score (nSPS) is 11.3. The molecule has 1 heterocycles. The predicted octanol–water partition coefficient (Wildman–Crippen LogP) is 1.84. The number of allylic oxidation sites excluding steroid dienone is 1. The summed E-state index contributed by atoms with van der Waals surface area (Å²) in [6, 6.07) is 6.99. The molecule has 0 saturated carbocycles. The van der Waals surface area contributed by atoms with Gasteiger partial charge in [-0.1, -0.05) is 24.3 Å². The van der Waals surface area contributed by atoms with Crippen molar-refractivity contribution in [3.63, 3.8) is 0 Å². The molecular weight excluding hydrogens is 300 g/mol. The standard InChI is InChI=1S/C16H14N2O5/c1-10(19)12-4-2-11(3-5-12)8-18-9-13(7-17-18)14(20)6-15(21)16(22)23/h2-7,9,21H,8H2,1H3,(H,22,23). The van der Waals surface area contributed by atoms with Crippen molar-refractivity contribution in [3.05, 3.63) is 65.2 Å². The number of aliphatic carboxylic acids is 1. The van der Waals surface area contributed by atoms with Crippen LogP contribution in [-0.4, -0.2) is 37.5 Å². The lowest BCUT2D eigenvalue weighted by Gasteiger charge is -2.02. The van der Waals surface area contributed by atoms with Gasteiger partial charge in [-0.3, -0.25) is 14.3 Å². The van der Waals surface area contributed by atoms with Crippen molar-refractivity contribution in [1.29, 1.82) is 0 Å². The number of carbonyl (C=O) groups is 3. The number of aliphatic hydroxyl groups is 1. The molecule has 0 saturated heterocycles. The monoisotopic (exact) mass is 314 g/mol. The average molecular weight is 314 g/mol. The molecule has 2 N–H and O–H groups in total. The van der Waals surface area contributed by atoms with Crippen LogP contribution in [0.1, 0.15) is 33.2 Å². The first-order chi connectivity index (χ1) is 10.9. The summed E-state index contributed by atoms with van der Waals surface area (Å²) in [4.78, 5) is 33.4. The summed E-state index contributed by atoms with van der Waals surface area (Å²) in [6.45, 7) is 1.88. The van der Waals surface area contributed by atoms with E-state index in [0.29, 0.717) is 18.2 Å². The number of carboxylic acid groups (broad SMARTS) is 1. The number of hydrogen-bond acceptors (Lipinski definition) is 5. The highest BCUT2D eigenvalue weighted by Gasteiger charge is 2.11. The van der Waals surface area contributed by atoms with Gasteiger partial charge in [-0.05, 0) is 12.5 Å². The molecule has 0 aliphatic rings. The second kappa shape index (κ2) is 6.69. The van der Waals surface area contributed by atoms with Crippen molar-refractivity contribution in [3.8, 4) is 0 Å². The highest BCUT2D eigenvalue weighted by Crippen LogP contribution is 2.08. The molecule has 0 spiro atoms. The fraction of sp³-hybridized carbons (Fsp3) is 0.125. The first-order valence-corrected chi connectivity index (χ1v) is 6.67. The molecule has 2 aromatic rings. The van der Waals surface area contributed by atoms with Crippen molar-refractivity contribution in [2.24, 2.45) is 0 Å². The molecule has 0 amide bonds. The smallest absolute Gasteiger partial charge is 0.371 e. The SMILES string of the molecule is CC(=O)c1ccc(Cn2cc(C(=O)C=C(O)C(=O)O)cn2)cc1. The molecule has 1 aromatic carbocycles. The summed E-state index contributed by atoms with van der Waals surface area (Å²) >= 11 is 0. The van der Waals surface area contributed by atoms with Gasteiger partial charge in [0.1, 0.15) is 0 Å². The molecule has 0 aliphatic heterocycles. The van der Waals surface area contributed by atoms with Crippen molar-refractivity contribution < 1.29 is 24.6 Å². The van der Waals surface area contributed by atoms with Gasteiger partial charge in [0, 0.05) is 17.8 Å². The van der Waals surface area contributed by atoms with Crippen LogP contribution in [0.25, 0.3) is 0 Å². The van der Waals surface area contributed by atoms with E-state index < -0.39 is 17.5 Å². The van der Waals surface area contributed by atoms with E-state index in [2.05, 4.69) is 5.10 Å². The molecule has 0 unspecified atom stereocenters. The molecule has 0 aliphatic carbocycles. The number of ketones is 2. The van der Waals surface area contributed by atoms with Gasteiger partial charge in [-0.2, -0.15) is 5.10 Å². The Morgan fingerprint density at radius 1 is 1.13 bits per heavy atom. The van der Waals surface area contributed by atoms with E-state index in [4.69, 9.17) is 10.2 Å². The van der Waals surface area contributed by atoms with Gasteiger partial charge in [-0.25, -0.2) is 4.79 Å². The summed E-state index contributed by atoms with van der Waals surface area (Å²) in [5.41, 5.74) is 1.67. The number of nitrogens with zero attached hydrogens (tertiary/aromatic N) is 2. The van der Waals surface area contributed by atoms with Crippen LogP contribution in [0.5, 0.6) is 0 Å². The van der Waals surface area contributed by atoms with Crippen molar-refractivity contribution >= 4 is 17.5 Å². The number of Topliss-reactive ketones (excluding diaryl/α,β-unsaturated/α-hetero) is 1. The quantitative estimate of drug-likeness (QED) is 0.478. The third-order valence-electron chi connectivity index (χ3n) is 3.11. The lowest BCUT2D eigenvalue weighted by molar-refractivity contribution is -0.135. The maximum absolute atomic E-state index is 11.8. The van der Waals surface area contributed by atoms with Gasteiger partial charge in [0.15, 0.2) is 11.6 Å². The number of rotatable bonds is 6. The molecule has 7 heteroatoms. The van der Waals surface area contributed by atoms with E-state index >= 15 is 0 Å². The maximum atomic E-state index is 11.8. The Hall–Kier alpha value is -3.22. The highest BCUT2D eigenvalue weighted by atomic mass is 16.4. The van der Waals surface area contributed by atoms with Gasteiger partial charge >= 0.3 is 5.97 Å². The number of benzene rings is 1. The number of carbonyl (C=O) groups excluding carboxylic acids is 2. The van der Waals surface area contributed by atoms with Crippen molar-refractivity contribution in [2.45, 2.75) is 13.5 Å². The predicted molar refractivity (Wildman–Crippen MR) is 80.5 cm³/mol. The Morgan fingerprint density at radius 2 is 1.78 bits per heavy atom. The summed E-state index contributed by atoms with van der Waals surface area (Å²) in [5.74, 6) is -3.27. The van der Waals surface area contributed by atoms with Gasteiger partial charge in [0.05, 0.1) is 18.3 Å². The largest absolute Gasteiger partial charge is 0.502 e. The van der Waals surface area contributed by atoms with Crippen LogP contribution < -0.4 is 0 Å². The van der Waals surface area contributed by atoms with Crippen LogP contribution in [0.4, 0.5) is 0 Å². The van der Waals surface area contributed by atoms with Crippen LogP contribution in [-0.2, 0) is 11.3 Å². The lowest BCUT2D eigenvalue weighted by atomic mass is 10.1. The number of hydrogen-bond donors (Lipinski definition) is 2. The third-order valence-corrected chi connectivity index (χ3v) is 3.11. The summed E-state index contributed by atoms with van der Waals surface area (Å²) in [5, 5.41) is 21.6. The Morgan fingerprint density at radius 3 is 2.35 bits per heavy atom. The van der Waals surface area contributed by atoms with Crippen LogP contribution in [0.15, 0.2) is 48.5 Å². The minimum absolute atomic E-state index is 0.0199. The summed E-state index contributed by atoms with van der Waals surface area (Å²) < 4.78 is 1.50. The molecule has 0 radical (unpaired) electrons. The third kappa shape index (κ3) is 4.13. The first-order valence-electron chi connectivity index (χ1n) is 6.67. The topological polar surface area (TPSA) is 109 Å². The van der Waals surface area contributed by atoms with Crippen molar-refractivity contribution in [2.75, 3.05) is 0 Å². The van der Waals surface area contributed by atoms with E-state index in [0.717, 1.165) is 5.56 Å². The summed E-state index contributed by atoms with van der Waals surface area (Å²) in [6.07, 6.45) is 3.37. The van der Waals surface area contributed by atoms with E-state index in [1.54, 1.807) is 24.3 Å². The summed E-state index contributed by atoms with van der Waals surface area (Å²) in [7, 11) is 0.